The average molecular weight is 710 g/mol. The van der Waals surface area contributed by atoms with Crippen molar-refractivity contribution in [1.82, 2.24) is 0 Å². The van der Waals surface area contributed by atoms with Gasteiger partial charge in [-0.25, -0.2) is 0 Å². The Morgan fingerprint density at radius 1 is 0.729 bits per heavy atom. The summed E-state index contributed by atoms with van der Waals surface area (Å²) in [6.45, 7) is 19.2. The Labute approximate surface area is 299 Å². The van der Waals surface area contributed by atoms with Crippen molar-refractivity contribution in [3.8, 4) is 11.5 Å². The van der Waals surface area contributed by atoms with E-state index in [-0.39, 0.29) is 39.7 Å². The molecule has 0 amide bonds. The third-order valence-corrected chi connectivity index (χ3v) is 7.88. The number of aliphatic imine (C=N–C) groups is 2. The average Bonchev–Trinajstić information content (AvgIpc) is 3.40. The Kier molecular flexibility index (Phi) is 19.6. The second-order valence-electron chi connectivity index (χ2n) is 14.5. The van der Waals surface area contributed by atoms with Gasteiger partial charge in [0.15, 0.2) is 0 Å². The first-order valence-corrected chi connectivity index (χ1v) is 16.9. The molecule has 1 radical (unpaired) electrons. The van der Waals surface area contributed by atoms with Gasteiger partial charge in [-0.05, 0) is 92.9 Å². The quantitative estimate of drug-likeness (QED) is 0.275. The Bertz CT molecular complexity index is 1260. The summed E-state index contributed by atoms with van der Waals surface area (Å²) in [7, 11) is 0. The molecule has 2 atom stereocenters. The van der Waals surface area contributed by atoms with Crippen LogP contribution in [0.4, 0.5) is 0 Å². The van der Waals surface area contributed by atoms with E-state index in [1.165, 1.54) is 11.1 Å². The minimum atomic E-state index is -1.08. The molecular weight excluding hydrogens is 651 g/mol. The molecule has 1 aliphatic rings. The van der Waals surface area contributed by atoms with Gasteiger partial charge < -0.3 is 30.0 Å². The third-order valence-electron chi connectivity index (χ3n) is 7.88. The van der Waals surface area contributed by atoms with Crippen molar-refractivity contribution in [2.75, 3.05) is 0 Å². The maximum atomic E-state index is 11.1. The molecule has 1 saturated carbocycles. The predicted molar refractivity (Wildman–Crippen MR) is 189 cm³/mol. The standard InChI is InChI=1S/C35H52N2O2.2C2H4O2.Co/c1-9-11-13-24-17-26(32(38)30(19-24)34(3,4)5)22-36-28-15-16-29(21-28)37-23-27-18-25(14-12-10-2)20-31(33(27)39)35(6,7)8;2*1-2(3)4;/h17-20,22-23,28-29,38-39H,9-16,21H2,1-8H3;2*1H3,(H,3,4);/q;;;+2/p-2. The van der Waals surface area contributed by atoms with Crippen LogP contribution in [0.15, 0.2) is 34.3 Å². The summed E-state index contributed by atoms with van der Waals surface area (Å²) in [6, 6.07) is 8.93. The number of carbonyl (C=O) groups is 2. The smallest absolute Gasteiger partial charge is 0.550 e. The Hall–Kier alpha value is -3.17. The van der Waals surface area contributed by atoms with Crippen LogP contribution in [0.25, 0.3) is 0 Å². The number of hydrogen-bond acceptors (Lipinski definition) is 8. The molecule has 1 aliphatic carbocycles. The van der Waals surface area contributed by atoms with Crippen molar-refractivity contribution in [3.63, 3.8) is 0 Å². The van der Waals surface area contributed by atoms with E-state index in [4.69, 9.17) is 29.8 Å². The molecule has 0 saturated heterocycles. The van der Waals surface area contributed by atoms with E-state index < -0.39 is 11.9 Å². The molecule has 0 aromatic heterocycles. The number of aryl methyl sites for hydroxylation is 2. The fourth-order valence-electron chi connectivity index (χ4n) is 5.41. The molecule has 2 aromatic rings. The largest absolute Gasteiger partial charge is 2.00 e. The van der Waals surface area contributed by atoms with Gasteiger partial charge in [-0.15, -0.1) is 0 Å². The van der Waals surface area contributed by atoms with Crippen molar-refractivity contribution >= 4 is 24.4 Å². The summed E-state index contributed by atoms with van der Waals surface area (Å²) >= 11 is 0. The summed E-state index contributed by atoms with van der Waals surface area (Å²) in [4.78, 5) is 27.6. The molecular formula is C39H58CoN2O6. The second-order valence-corrected chi connectivity index (χ2v) is 14.5. The molecule has 0 bridgehead atoms. The van der Waals surface area contributed by atoms with Crippen LogP contribution >= 0.6 is 0 Å². The van der Waals surface area contributed by atoms with E-state index in [1.807, 2.05) is 12.4 Å². The van der Waals surface area contributed by atoms with E-state index in [2.05, 4.69) is 79.7 Å². The molecule has 269 valence electrons. The summed E-state index contributed by atoms with van der Waals surface area (Å²) in [6.07, 6.45) is 13.2. The number of carboxylic acid groups (broad SMARTS) is 2. The number of carbonyl (C=O) groups excluding carboxylic acids is 2. The van der Waals surface area contributed by atoms with Crippen molar-refractivity contribution < 1.29 is 46.8 Å². The number of rotatable bonds is 10. The van der Waals surface area contributed by atoms with Gasteiger partial charge in [0.2, 0.25) is 0 Å². The maximum Gasteiger partial charge on any atom is 2.00 e. The number of unbranched alkanes of at least 4 members (excludes halogenated alkanes) is 2. The van der Waals surface area contributed by atoms with Crippen LogP contribution in [0.5, 0.6) is 11.5 Å². The Morgan fingerprint density at radius 2 is 1.04 bits per heavy atom. The number of carboxylic acids is 2. The Balaban J connectivity index is 0.00000221. The second kappa shape index (κ2) is 21.0. The molecule has 48 heavy (non-hydrogen) atoms. The van der Waals surface area contributed by atoms with E-state index in [0.717, 1.165) is 93.9 Å². The summed E-state index contributed by atoms with van der Waals surface area (Å²) < 4.78 is 0. The monoisotopic (exact) mass is 709 g/mol. The number of phenolic OH excluding ortho intramolecular Hbond substituents is 2. The first kappa shape index (κ1) is 44.8. The van der Waals surface area contributed by atoms with Crippen LogP contribution in [-0.2, 0) is 50.0 Å². The summed E-state index contributed by atoms with van der Waals surface area (Å²) in [5, 5.41) is 39.9. The van der Waals surface area contributed by atoms with Gasteiger partial charge in [0.1, 0.15) is 11.5 Å². The van der Waals surface area contributed by atoms with E-state index in [9.17, 15) is 10.2 Å². The SMILES string of the molecule is CC(=O)[O-].CC(=O)[O-].CCCCc1cc(C=NC2CCC(N=Cc3cc(CCCC)cc(C(C)(C)C)c3O)C2)c(O)c(C(C)(C)C)c1.[Co+2]. The minimum Gasteiger partial charge on any atom is -0.550 e. The number of aromatic hydroxyl groups is 2. The molecule has 2 N–H and O–H groups in total. The van der Waals surface area contributed by atoms with Crippen LogP contribution in [0.3, 0.4) is 0 Å². The number of aliphatic carboxylic acids is 2. The van der Waals surface area contributed by atoms with Crippen LogP contribution < -0.4 is 10.2 Å². The summed E-state index contributed by atoms with van der Waals surface area (Å²) in [5.41, 5.74) is 5.90. The van der Waals surface area contributed by atoms with Crippen molar-refractivity contribution in [3.05, 3.63) is 57.6 Å². The zero-order chi connectivity index (χ0) is 35.9. The molecule has 2 aromatic carbocycles. The van der Waals surface area contributed by atoms with Gasteiger partial charge >= 0.3 is 16.8 Å². The molecule has 9 heteroatoms. The van der Waals surface area contributed by atoms with Gasteiger partial charge in [0, 0.05) is 46.6 Å². The molecule has 2 unspecified atom stereocenters. The minimum absolute atomic E-state index is 0. The van der Waals surface area contributed by atoms with E-state index in [0.29, 0.717) is 11.5 Å². The molecule has 1 fully saturated rings. The topological polar surface area (TPSA) is 145 Å². The number of nitrogens with zero attached hydrogens (tertiary/aromatic N) is 2. The van der Waals surface area contributed by atoms with Gasteiger partial charge in [-0.2, -0.15) is 0 Å². The first-order valence-electron chi connectivity index (χ1n) is 16.9. The third kappa shape index (κ3) is 16.3. The normalized spacial score (nSPS) is 16.1. The van der Waals surface area contributed by atoms with Gasteiger partial charge in [-0.3, -0.25) is 9.98 Å². The molecule has 0 spiro atoms. The first-order chi connectivity index (χ1) is 21.8. The summed E-state index contributed by atoms with van der Waals surface area (Å²) in [5.74, 6) is -1.46. The molecule has 0 aliphatic heterocycles. The molecule has 0 heterocycles. The van der Waals surface area contributed by atoms with Crippen LogP contribution in [0, 0.1) is 0 Å². The van der Waals surface area contributed by atoms with Crippen LogP contribution in [0.1, 0.15) is 148 Å². The Morgan fingerprint density at radius 3 is 1.31 bits per heavy atom. The predicted octanol–water partition coefficient (Wildman–Crippen LogP) is 6.35. The van der Waals surface area contributed by atoms with E-state index in [1.54, 1.807) is 0 Å². The fourth-order valence-corrected chi connectivity index (χ4v) is 5.41. The van der Waals surface area contributed by atoms with Gasteiger partial charge in [0.05, 0.1) is 12.1 Å². The van der Waals surface area contributed by atoms with Gasteiger partial charge in [0.25, 0.3) is 0 Å². The van der Waals surface area contributed by atoms with Crippen LogP contribution in [0.2, 0.25) is 0 Å². The zero-order valence-electron chi connectivity index (χ0n) is 30.7. The van der Waals surface area contributed by atoms with Crippen molar-refractivity contribution in [1.29, 1.82) is 0 Å². The van der Waals surface area contributed by atoms with Crippen molar-refractivity contribution in [2.45, 2.75) is 150 Å². The zero-order valence-corrected chi connectivity index (χ0v) is 31.8. The van der Waals surface area contributed by atoms with E-state index >= 15 is 0 Å². The number of phenols is 2. The van der Waals surface area contributed by atoms with Gasteiger partial charge in [-0.1, -0.05) is 80.4 Å². The van der Waals surface area contributed by atoms with Crippen molar-refractivity contribution in [2.24, 2.45) is 9.98 Å². The molecule has 8 nitrogen and oxygen atoms in total. The fraction of sp³-hybridized carbons (Fsp3) is 0.590. The number of hydrogen-bond donors (Lipinski definition) is 2. The van der Waals surface area contributed by atoms with Crippen LogP contribution in [-0.4, -0.2) is 46.7 Å². The maximum absolute atomic E-state index is 11.1. The number of benzene rings is 2. The molecule has 3 rings (SSSR count).